The molecular formula is C10H11FN4S. The number of hydrogen-bond donors (Lipinski definition) is 2. The summed E-state index contributed by atoms with van der Waals surface area (Å²) < 4.78 is 13.7. The molecule has 2 aromatic heterocycles. The van der Waals surface area contributed by atoms with E-state index in [2.05, 4.69) is 5.10 Å². The van der Waals surface area contributed by atoms with Gasteiger partial charge in [-0.2, -0.15) is 16.4 Å². The van der Waals surface area contributed by atoms with E-state index < -0.39 is 6.67 Å². The number of aromatic nitrogens is 2. The molecule has 84 valence electrons. The second-order valence-electron chi connectivity index (χ2n) is 3.25. The number of amidine groups is 1. The number of nitrogen functional groups attached to an aromatic ring is 1. The van der Waals surface area contributed by atoms with Crippen molar-refractivity contribution in [2.24, 2.45) is 5.73 Å². The molecule has 0 aliphatic rings. The van der Waals surface area contributed by atoms with Crippen molar-refractivity contribution >= 4 is 17.2 Å². The first-order valence-corrected chi connectivity index (χ1v) is 5.67. The molecule has 2 heterocycles. The molecule has 2 aromatic rings. The summed E-state index contributed by atoms with van der Waals surface area (Å²) in [5.74, 6) is -0.0950. The Hall–Kier alpha value is -1.69. The summed E-state index contributed by atoms with van der Waals surface area (Å²) in [6, 6.07) is 3.64. The molecule has 6 heteroatoms. The maximum Gasteiger partial charge on any atom is 0.141 e. The number of aryl methyl sites for hydroxylation is 1. The highest BCUT2D eigenvalue weighted by Crippen LogP contribution is 2.21. The topological polar surface area (TPSA) is 67.7 Å². The number of rotatable bonds is 4. The van der Waals surface area contributed by atoms with Crippen LogP contribution in [0.5, 0.6) is 0 Å². The standard InChI is InChI=1S/C10H11FN4S/c11-2-3-15-9(10(12)13)5-8(14-15)7-1-4-16-6-7/h1,4-6H,2-3H2,(H3,12,13). The molecule has 0 aromatic carbocycles. The van der Waals surface area contributed by atoms with Gasteiger partial charge in [-0.3, -0.25) is 10.1 Å². The number of alkyl halides is 1. The summed E-state index contributed by atoms with van der Waals surface area (Å²) in [4.78, 5) is 0. The molecule has 0 aliphatic carbocycles. The lowest BCUT2D eigenvalue weighted by Gasteiger charge is -2.01. The van der Waals surface area contributed by atoms with Gasteiger partial charge in [0.15, 0.2) is 0 Å². The maximum atomic E-state index is 12.3. The molecule has 0 unspecified atom stereocenters. The Bertz CT molecular complexity index is 489. The molecule has 0 fully saturated rings. The summed E-state index contributed by atoms with van der Waals surface area (Å²) >= 11 is 1.56. The van der Waals surface area contributed by atoms with Crippen LogP contribution in [-0.2, 0) is 6.54 Å². The van der Waals surface area contributed by atoms with E-state index in [0.29, 0.717) is 5.69 Å². The Morgan fingerprint density at radius 1 is 1.62 bits per heavy atom. The third kappa shape index (κ3) is 1.96. The highest BCUT2D eigenvalue weighted by atomic mass is 32.1. The van der Waals surface area contributed by atoms with E-state index in [9.17, 15) is 4.39 Å². The van der Waals surface area contributed by atoms with Gasteiger partial charge < -0.3 is 5.73 Å². The maximum absolute atomic E-state index is 12.3. The van der Waals surface area contributed by atoms with Crippen molar-refractivity contribution in [3.8, 4) is 11.3 Å². The van der Waals surface area contributed by atoms with E-state index in [1.165, 1.54) is 4.68 Å². The van der Waals surface area contributed by atoms with Crippen molar-refractivity contribution in [2.75, 3.05) is 6.67 Å². The summed E-state index contributed by atoms with van der Waals surface area (Å²) in [5, 5.41) is 15.5. The lowest BCUT2D eigenvalue weighted by atomic mass is 10.2. The van der Waals surface area contributed by atoms with Crippen LogP contribution in [0.4, 0.5) is 4.39 Å². The minimum atomic E-state index is -0.523. The minimum absolute atomic E-state index is 0.0950. The zero-order chi connectivity index (χ0) is 11.5. The molecule has 2 rings (SSSR count). The Morgan fingerprint density at radius 2 is 2.44 bits per heavy atom. The van der Waals surface area contributed by atoms with Crippen molar-refractivity contribution in [3.05, 3.63) is 28.6 Å². The first kappa shape index (κ1) is 10.8. The van der Waals surface area contributed by atoms with Gasteiger partial charge in [-0.25, -0.2) is 4.39 Å². The predicted molar refractivity (Wildman–Crippen MR) is 62.5 cm³/mol. The highest BCUT2D eigenvalue weighted by molar-refractivity contribution is 7.08. The van der Waals surface area contributed by atoms with Gasteiger partial charge in [0.2, 0.25) is 0 Å². The second-order valence-corrected chi connectivity index (χ2v) is 4.03. The second kappa shape index (κ2) is 4.44. The van der Waals surface area contributed by atoms with Crippen molar-refractivity contribution in [2.45, 2.75) is 6.54 Å². The fourth-order valence-corrected chi connectivity index (χ4v) is 2.09. The van der Waals surface area contributed by atoms with Gasteiger partial charge in [-0.1, -0.05) is 0 Å². The van der Waals surface area contributed by atoms with Gasteiger partial charge in [0, 0.05) is 10.9 Å². The Balaban J connectivity index is 2.42. The van der Waals surface area contributed by atoms with Crippen LogP contribution < -0.4 is 5.73 Å². The number of nitrogens with zero attached hydrogens (tertiary/aromatic N) is 2. The molecule has 0 atom stereocenters. The van der Waals surface area contributed by atoms with E-state index in [-0.39, 0.29) is 12.4 Å². The fourth-order valence-electron chi connectivity index (χ4n) is 1.44. The average molecular weight is 238 g/mol. The Kier molecular flexibility index (Phi) is 3.00. The van der Waals surface area contributed by atoms with Gasteiger partial charge in [-0.05, 0) is 17.5 Å². The van der Waals surface area contributed by atoms with Crippen LogP contribution in [0.15, 0.2) is 22.9 Å². The van der Waals surface area contributed by atoms with E-state index in [1.54, 1.807) is 17.4 Å². The van der Waals surface area contributed by atoms with E-state index in [4.69, 9.17) is 11.1 Å². The zero-order valence-electron chi connectivity index (χ0n) is 8.48. The number of thiophene rings is 1. The number of nitrogens with two attached hydrogens (primary N) is 1. The van der Waals surface area contributed by atoms with Crippen LogP contribution in [0.2, 0.25) is 0 Å². The summed E-state index contributed by atoms with van der Waals surface area (Å²) in [6.45, 7) is -0.399. The Labute approximate surface area is 96.0 Å². The molecule has 0 saturated carbocycles. The van der Waals surface area contributed by atoms with E-state index >= 15 is 0 Å². The fraction of sp³-hybridized carbons (Fsp3) is 0.200. The van der Waals surface area contributed by atoms with Crippen LogP contribution in [0.1, 0.15) is 5.69 Å². The number of halogens is 1. The smallest absolute Gasteiger partial charge is 0.141 e. The third-order valence-corrected chi connectivity index (χ3v) is 2.85. The Morgan fingerprint density at radius 3 is 3.00 bits per heavy atom. The van der Waals surface area contributed by atoms with Crippen molar-refractivity contribution in [1.82, 2.24) is 9.78 Å². The lowest BCUT2D eigenvalue weighted by molar-refractivity contribution is 0.426. The molecule has 0 aliphatic heterocycles. The van der Waals surface area contributed by atoms with Gasteiger partial charge in [0.05, 0.1) is 12.2 Å². The molecule has 0 amide bonds. The van der Waals surface area contributed by atoms with Gasteiger partial charge in [0.25, 0.3) is 0 Å². The molecule has 4 nitrogen and oxygen atoms in total. The normalized spacial score (nSPS) is 10.6. The van der Waals surface area contributed by atoms with Gasteiger partial charge >= 0.3 is 0 Å². The first-order valence-electron chi connectivity index (χ1n) is 4.73. The SMILES string of the molecule is N=C(N)c1cc(-c2ccsc2)nn1CCF. The predicted octanol–water partition coefficient (Wildman–Crippen LogP) is 1.87. The molecular weight excluding hydrogens is 227 g/mol. The van der Waals surface area contributed by atoms with Crippen molar-refractivity contribution in [1.29, 1.82) is 5.41 Å². The molecule has 0 radical (unpaired) electrons. The molecule has 0 spiro atoms. The third-order valence-electron chi connectivity index (χ3n) is 2.17. The molecule has 16 heavy (non-hydrogen) atoms. The summed E-state index contributed by atoms with van der Waals surface area (Å²) in [5.41, 5.74) is 7.56. The average Bonchev–Trinajstić information content (AvgIpc) is 2.83. The van der Waals surface area contributed by atoms with Crippen LogP contribution >= 0.6 is 11.3 Å². The van der Waals surface area contributed by atoms with Crippen molar-refractivity contribution in [3.63, 3.8) is 0 Å². The van der Waals surface area contributed by atoms with Crippen LogP contribution in [0, 0.1) is 5.41 Å². The monoisotopic (exact) mass is 238 g/mol. The minimum Gasteiger partial charge on any atom is -0.382 e. The van der Waals surface area contributed by atoms with Gasteiger partial charge in [0.1, 0.15) is 18.2 Å². The lowest BCUT2D eigenvalue weighted by Crippen LogP contribution is -2.18. The molecule has 0 saturated heterocycles. The molecule has 0 bridgehead atoms. The van der Waals surface area contributed by atoms with E-state index in [0.717, 1.165) is 11.3 Å². The van der Waals surface area contributed by atoms with Crippen LogP contribution in [0.3, 0.4) is 0 Å². The van der Waals surface area contributed by atoms with E-state index in [1.807, 2.05) is 16.8 Å². The van der Waals surface area contributed by atoms with Crippen LogP contribution in [-0.4, -0.2) is 22.3 Å². The number of hydrogen-bond acceptors (Lipinski definition) is 3. The highest BCUT2D eigenvalue weighted by Gasteiger charge is 2.11. The molecule has 3 N–H and O–H groups in total. The largest absolute Gasteiger partial charge is 0.382 e. The quantitative estimate of drug-likeness (QED) is 0.630. The summed E-state index contributed by atoms with van der Waals surface area (Å²) in [7, 11) is 0. The number of nitrogens with one attached hydrogen (secondary N) is 1. The van der Waals surface area contributed by atoms with Crippen molar-refractivity contribution < 1.29 is 4.39 Å². The first-order chi connectivity index (χ1) is 7.72. The zero-order valence-corrected chi connectivity index (χ0v) is 9.30. The van der Waals surface area contributed by atoms with Crippen LogP contribution in [0.25, 0.3) is 11.3 Å². The summed E-state index contributed by atoms with van der Waals surface area (Å²) in [6.07, 6.45) is 0. The van der Waals surface area contributed by atoms with Gasteiger partial charge in [-0.15, -0.1) is 0 Å².